The first-order valence-corrected chi connectivity index (χ1v) is 7.94. The van der Waals surface area contributed by atoms with Crippen molar-refractivity contribution in [2.75, 3.05) is 25.0 Å². The van der Waals surface area contributed by atoms with Crippen LogP contribution in [0.3, 0.4) is 0 Å². The lowest BCUT2D eigenvalue weighted by molar-refractivity contribution is 0.0860. The third-order valence-electron chi connectivity index (χ3n) is 5.17. The highest BCUT2D eigenvalue weighted by atomic mass is 16.2. The van der Waals surface area contributed by atoms with Gasteiger partial charge in [-0.25, -0.2) is 4.98 Å². The van der Waals surface area contributed by atoms with Crippen molar-refractivity contribution in [3.63, 3.8) is 0 Å². The first kappa shape index (κ1) is 11.8. The van der Waals surface area contributed by atoms with Gasteiger partial charge in [-0.05, 0) is 37.5 Å². The smallest absolute Gasteiger partial charge is 0.280 e. The number of rotatable bonds is 3. The quantitative estimate of drug-likeness (QED) is 0.917. The van der Waals surface area contributed by atoms with E-state index < -0.39 is 0 Å². The third-order valence-corrected chi connectivity index (χ3v) is 5.17. The number of anilines is 1. The summed E-state index contributed by atoms with van der Waals surface area (Å²) in [4.78, 5) is 28.9. The zero-order chi connectivity index (χ0) is 14.1. The van der Waals surface area contributed by atoms with Gasteiger partial charge in [0, 0.05) is 19.5 Å². The van der Waals surface area contributed by atoms with E-state index in [9.17, 15) is 4.79 Å². The average molecular weight is 285 g/mol. The Hall–Kier alpha value is -1.85. The molecule has 0 unspecified atom stereocenters. The molecule has 1 aromatic rings. The zero-order valence-corrected chi connectivity index (χ0v) is 12.2. The van der Waals surface area contributed by atoms with Crippen molar-refractivity contribution < 1.29 is 4.79 Å². The highest BCUT2D eigenvalue weighted by molar-refractivity contribution is 6.17. The van der Waals surface area contributed by atoms with Gasteiger partial charge in [0.2, 0.25) is 5.96 Å². The molecule has 4 aliphatic rings. The summed E-state index contributed by atoms with van der Waals surface area (Å²) < 4.78 is 0. The molecule has 2 saturated carbocycles. The number of carbonyl (C=O) groups is 1. The SMILES string of the molecule is CN1C(=O)c2[nH]c(C(C3CC3)C3CC3)nc2N2CCN=C12. The van der Waals surface area contributed by atoms with E-state index in [2.05, 4.69) is 14.9 Å². The fraction of sp³-hybridized carbons (Fsp3) is 0.667. The number of amides is 1. The van der Waals surface area contributed by atoms with E-state index >= 15 is 0 Å². The van der Waals surface area contributed by atoms with Crippen LogP contribution in [0.1, 0.15) is 47.9 Å². The largest absolute Gasteiger partial charge is 0.336 e. The molecule has 6 nitrogen and oxygen atoms in total. The molecule has 1 N–H and O–H groups in total. The van der Waals surface area contributed by atoms with Gasteiger partial charge in [0.05, 0.1) is 6.54 Å². The van der Waals surface area contributed by atoms with Gasteiger partial charge >= 0.3 is 0 Å². The summed E-state index contributed by atoms with van der Waals surface area (Å²) in [7, 11) is 1.79. The van der Waals surface area contributed by atoms with Crippen molar-refractivity contribution in [2.24, 2.45) is 16.8 Å². The maximum Gasteiger partial charge on any atom is 0.280 e. The molecule has 2 aliphatic carbocycles. The Morgan fingerprint density at radius 2 is 1.95 bits per heavy atom. The van der Waals surface area contributed by atoms with E-state index in [1.54, 1.807) is 11.9 Å². The van der Waals surface area contributed by atoms with Gasteiger partial charge in [-0.1, -0.05) is 0 Å². The van der Waals surface area contributed by atoms with Crippen LogP contribution in [0.4, 0.5) is 5.82 Å². The van der Waals surface area contributed by atoms with E-state index in [1.807, 2.05) is 0 Å². The van der Waals surface area contributed by atoms with Gasteiger partial charge in [0.1, 0.15) is 11.5 Å². The first-order valence-electron chi connectivity index (χ1n) is 7.94. The fourth-order valence-corrected chi connectivity index (χ4v) is 3.81. The molecule has 0 spiro atoms. The molecular weight excluding hydrogens is 266 g/mol. The van der Waals surface area contributed by atoms with Crippen LogP contribution in [0.25, 0.3) is 0 Å². The summed E-state index contributed by atoms with van der Waals surface area (Å²) >= 11 is 0. The molecule has 2 fully saturated rings. The Kier molecular flexibility index (Phi) is 2.17. The summed E-state index contributed by atoms with van der Waals surface area (Å²) in [5.41, 5.74) is 0.652. The minimum atomic E-state index is -0.00834. The number of carbonyl (C=O) groups excluding carboxylic acids is 1. The molecule has 0 radical (unpaired) electrons. The van der Waals surface area contributed by atoms with Crippen molar-refractivity contribution in [1.29, 1.82) is 0 Å². The average Bonchev–Trinajstić information content (AvgIpc) is 3.38. The first-order chi connectivity index (χ1) is 10.2. The van der Waals surface area contributed by atoms with Crippen molar-refractivity contribution in [2.45, 2.75) is 31.6 Å². The zero-order valence-electron chi connectivity index (χ0n) is 12.2. The number of hydrogen-bond acceptors (Lipinski definition) is 4. The van der Waals surface area contributed by atoms with Gasteiger partial charge < -0.3 is 4.98 Å². The van der Waals surface area contributed by atoms with Gasteiger partial charge in [-0.15, -0.1) is 0 Å². The summed E-state index contributed by atoms with van der Waals surface area (Å²) in [6.07, 6.45) is 5.27. The molecule has 110 valence electrons. The second-order valence-electron chi connectivity index (χ2n) is 6.72. The molecule has 3 heterocycles. The molecular formula is C15H19N5O. The molecule has 6 heteroatoms. The van der Waals surface area contributed by atoms with Crippen LogP contribution in [0.5, 0.6) is 0 Å². The number of aliphatic imine (C=N–C) groups is 1. The van der Waals surface area contributed by atoms with Crippen LogP contribution in [0.2, 0.25) is 0 Å². The van der Waals surface area contributed by atoms with Gasteiger partial charge in [0.15, 0.2) is 5.82 Å². The maximum atomic E-state index is 12.5. The van der Waals surface area contributed by atoms with E-state index in [-0.39, 0.29) is 5.91 Å². The highest BCUT2D eigenvalue weighted by Crippen LogP contribution is 2.54. The van der Waals surface area contributed by atoms with Crippen LogP contribution in [-0.2, 0) is 0 Å². The van der Waals surface area contributed by atoms with Crippen molar-refractivity contribution >= 4 is 17.7 Å². The monoisotopic (exact) mass is 285 g/mol. The highest BCUT2D eigenvalue weighted by Gasteiger charge is 2.46. The topological polar surface area (TPSA) is 64.6 Å². The number of imidazole rings is 1. The molecule has 2 aliphatic heterocycles. The number of hydrogen-bond donors (Lipinski definition) is 1. The molecule has 5 rings (SSSR count). The van der Waals surface area contributed by atoms with Gasteiger partial charge in [-0.3, -0.25) is 19.6 Å². The van der Waals surface area contributed by atoms with Gasteiger partial charge in [-0.2, -0.15) is 0 Å². The third kappa shape index (κ3) is 1.61. The Labute approximate surface area is 123 Å². The van der Waals surface area contributed by atoms with Crippen LogP contribution in [0, 0.1) is 11.8 Å². The van der Waals surface area contributed by atoms with Crippen LogP contribution in [-0.4, -0.2) is 46.9 Å². The minimum Gasteiger partial charge on any atom is -0.336 e. The van der Waals surface area contributed by atoms with E-state index in [0.29, 0.717) is 11.6 Å². The number of nitrogens with one attached hydrogen (secondary N) is 1. The second-order valence-corrected chi connectivity index (χ2v) is 6.72. The van der Waals surface area contributed by atoms with E-state index in [4.69, 9.17) is 4.98 Å². The van der Waals surface area contributed by atoms with E-state index in [1.165, 1.54) is 25.7 Å². The number of guanidine groups is 1. The number of aromatic amines is 1. The van der Waals surface area contributed by atoms with E-state index in [0.717, 1.165) is 42.5 Å². The second kappa shape index (κ2) is 3.87. The Bertz CT molecular complexity index is 643. The lowest BCUT2D eigenvalue weighted by Crippen LogP contribution is -2.48. The van der Waals surface area contributed by atoms with Crippen LogP contribution in [0.15, 0.2) is 4.99 Å². The minimum absolute atomic E-state index is 0.00834. The predicted octanol–water partition coefficient (Wildman–Crippen LogP) is 1.57. The number of H-pyrrole nitrogens is 1. The van der Waals surface area contributed by atoms with Crippen LogP contribution < -0.4 is 4.90 Å². The normalized spacial score (nSPS) is 24.5. The molecule has 0 saturated heterocycles. The standard InChI is InChI=1S/C15H19N5O/c1-19-14(21)11-13(20-7-6-16-15(19)20)18-12(17-11)10(8-2-3-8)9-4-5-9/h8-10H,2-7H2,1H3,(H,17,18). The summed E-state index contributed by atoms with van der Waals surface area (Å²) in [6.45, 7) is 1.56. The number of fused-ring (bicyclic) bond motifs is 3. The molecule has 1 aromatic heterocycles. The van der Waals surface area contributed by atoms with Crippen molar-refractivity contribution in [1.82, 2.24) is 14.9 Å². The molecule has 21 heavy (non-hydrogen) atoms. The Balaban J connectivity index is 1.59. The van der Waals surface area contributed by atoms with Crippen LogP contribution >= 0.6 is 0 Å². The number of aromatic nitrogens is 2. The summed E-state index contributed by atoms with van der Waals surface area (Å²) in [6, 6.07) is 0. The molecule has 0 aromatic carbocycles. The Morgan fingerprint density at radius 3 is 2.62 bits per heavy atom. The van der Waals surface area contributed by atoms with Gasteiger partial charge in [0.25, 0.3) is 5.91 Å². The summed E-state index contributed by atoms with van der Waals surface area (Å²) in [5.74, 6) is 4.69. The molecule has 1 amide bonds. The molecule has 0 atom stereocenters. The number of nitrogens with zero attached hydrogens (tertiary/aromatic N) is 4. The maximum absolute atomic E-state index is 12.5. The summed E-state index contributed by atoms with van der Waals surface area (Å²) in [5, 5.41) is 0. The van der Waals surface area contributed by atoms with Crippen molar-refractivity contribution in [3.8, 4) is 0 Å². The van der Waals surface area contributed by atoms with Crippen molar-refractivity contribution in [3.05, 3.63) is 11.5 Å². The Morgan fingerprint density at radius 1 is 1.24 bits per heavy atom. The fourth-order valence-electron chi connectivity index (χ4n) is 3.81. The lowest BCUT2D eigenvalue weighted by Gasteiger charge is -2.29. The predicted molar refractivity (Wildman–Crippen MR) is 78.5 cm³/mol. The molecule has 0 bridgehead atoms. The lowest BCUT2D eigenvalue weighted by atomic mass is 9.97.